The first-order valence-corrected chi connectivity index (χ1v) is 10.6. The maximum Gasteiger partial charge on any atom is 0.271 e. The van der Waals surface area contributed by atoms with Crippen LogP contribution in [0.15, 0.2) is 76.3 Å². The van der Waals surface area contributed by atoms with Crippen LogP contribution < -0.4 is 14.9 Å². The van der Waals surface area contributed by atoms with E-state index in [1.165, 1.54) is 0 Å². The molecule has 0 aromatic heterocycles. The van der Waals surface area contributed by atoms with Crippen LogP contribution in [-0.4, -0.2) is 19.2 Å². The van der Waals surface area contributed by atoms with Crippen molar-refractivity contribution in [3.05, 3.63) is 91.5 Å². The van der Waals surface area contributed by atoms with E-state index in [0.717, 1.165) is 19.2 Å². The fourth-order valence-corrected chi connectivity index (χ4v) is 3.45. The highest BCUT2D eigenvalue weighted by Crippen LogP contribution is 2.36. The second kappa shape index (κ2) is 10.4. The fraction of sp³-hybridized carbons (Fsp3) is 0.0909. The summed E-state index contributed by atoms with van der Waals surface area (Å²) in [6.07, 6.45) is 1.55. The van der Waals surface area contributed by atoms with E-state index in [-0.39, 0.29) is 5.91 Å². The second-order valence-corrected chi connectivity index (χ2v) is 8.11. The number of benzene rings is 3. The van der Waals surface area contributed by atoms with E-state index in [1.54, 1.807) is 31.5 Å². The van der Waals surface area contributed by atoms with Crippen molar-refractivity contribution in [1.82, 2.24) is 5.43 Å². The molecule has 3 aromatic carbocycles. The lowest BCUT2D eigenvalue weighted by Crippen LogP contribution is -2.17. The van der Waals surface area contributed by atoms with Gasteiger partial charge in [-0.15, -0.1) is 0 Å². The Balaban J connectivity index is 1.68. The number of carbonyl (C=O) groups is 1. The number of hydrogen-bond donors (Lipinski definition) is 1. The Kier molecular flexibility index (Phi) is 7.65. The molecule has 148 valence electrons. The fourth-order valence-electron chi connectivity index (χ4n) is 2.52. The van der Waals surface area contributed by atoms with Crippen molar-refractivity contribution < 1.29 is 14.3 Å². The average Bonchev–Trinajstić information content (AvgIpc) is 2.73. The number of rotatable bonds is 7. The number of ether oxygens (including phenoxy) is 2. The van der Waals surface area contributed by atoms with E-state index in [9.17, 15) is 4.79 Å². The van der Waals surface area contributed by atoms with Gasteiger partial charge < -0.3 is 9.47 Å². The van der Waals surface area contributed by atoms with E-state index < -0.39 is 0 Å². The lowest BCUT2D eigenvalue weighted by molar-refractivity contribution is 0.0955. The highest BCUT2D eigenvalue weighted by Gasteiger charge is 2.12. The normalized spacial score (nSPS) is 10.7. The first kappa shape index (κ1) is 21.3. The average molecular weight is 565 g/mol. The number of hydrazone groups is 1. The molecule has 0 unspecified atom stereocenters. The Bertz CT molecular complexity index is 1010. The van der Waals surface area contributed by atoms with Crippen LogP contribution in [0.4, 0.5) is 0 Å². The van der Waals surface area contributed by atoms with Crippen molar-refractivity contribution in [2.75, 3.05) is 7.11 Å². The first-order valence-electron chi connectivity index (χ1n) is 8.70. The summed E-state index contributed by atoms with van der Waals surface area (Å²) < 4.78 is 13.2. The minimum absolute atomic E-state index is 0.272. The minimum atomic E-state index is -0.272. The third-order valence-corrected chi connectivity index (χ3v) is 5.27. The lowest BCUT2D eigenvalue weighted by Gasteiger charge is -2.13. The number of methoxy groups -OCH3 is 1. The molecule has 0 fully saturated rings. The van der Waals surface area contributed by atoms with E-state index >= 15 is 0 Å². The molecule has 0 bridgehead atoms. The van der Waals surface area contributed by atoms with Crippen molar-refractivity contribution in [2.45, 2.75) is 6.61 Å². The highest BCUT2D eigenvalue weighted by atomic mass is 127. The van der Waals surface area contributed by atoms with E-state index in [4.69, 9.17) is 9.47 Å². The van der Waals surface area contributed by atoms with E-state index in [1.807, 2.05) is 48.5 Å². The van der Waals surface area contributed by atoms with Crippen LogP contribution in [0.5, 0.6) is 11.5 Å². The van der Waals surface area contributed by atoms with Crippen LogP contribution in [0.2, 0.25) is 0 Å². The number of nitrogens with zero attached hydrogens (tertiary/aromatic N) is 1. The van der Waals surface area contributed by atoms with Gasteiger partial charge in [-0.05, 0) is 86.0 Å². The molecule has 7 heteroatoms. The zero-order valence-corrected chi connectivity index (χ0v) is 19.3. The molecule has 3 rings (SSSR count). The second-order valence-electron chi connectivity index (χ2n) is 6.01. The summed E-state index contributed by atoms with van der Waals surface area (Å²) in [5.41, 5.74) is 4.89. The van der Waals surface area contributed by atoms with Crippen molar-refractivity contribution in [3.63, 3.8) is 0 Å². The molecule has 1 N–H and O–H groups in total. The summed E-state index contributed by atoms with van der Waals surface area (Å²) in [6, 6.07) is 20.8. The summed E-state index contributed by atoms with van der Waals surface area (Å²) in [4.78, 5) is 12.1. The first-order chi connectivity index (χ1) is 14.1. The molecule has 29 heavy (non-hydrogen) atoms. The quantitative estimate of drug-likeness (QED) is 0.237. The van der Waals surface area contributed by atoms with Crippen molar-refractivity contribution >= 4 is 50.6 Å². The molecular weight excluding hydrogens is 547 g/mol. The number of amides is 1. The van der Waals surface area contributed by atoms with Crippen molar-refractivity contribution in [2.24, 2.45) is 5.10 Å². The topological polar surface area (TPSA) is 59.9 Å². The number of carbonyl (C=O) groups excluding carboxylic acids is 1. The predicted octanol–water partition coefficient (Wildman–Crippen LogP) is 5.41. The summed E-state index contributed by atoms with van der Waals surface area (Å²) in [5.74, 6) is 0.906. The van der Waals surface area contributed by atoms with Crippen LogP contribution >= 0.6 is 38.5 Å². The number of nitrogens with one attached hydrogen (secondary N) is 1. The smallest absolute Gasteiger partial charge is 0.271 e. The van der Waals surface area contributed by atoms with Crippen LogP contribution in [0.3, 0.4) is 0 Å². The Morgan fingerprint density at radius 2 is 1.86 bits per heavy atom. The molecule has 0 aliphatic rings. The van der Waals surface area contributed by atoms with E-state index in [2.05, 4.69) is 49.0 Å². The maximum atomic E-state index is 12.1. The highest BCUT2D eigenvalue weighted by molar-refractivity contribution is 14.1. The standard InChI is InChI=1S/C22H18BrIN2O3/c1-28-20-12-16(13-25-26-22(27)17-7-9-18(24)10-8-17)11-19(23)21(20)29-14-15-5-3-2-4-6-15/h2-13H,14H2,1H3,(H,26,27)/b25-13-. The Morgan fingerprint density at radius 1 is 1.14 bits per heavy atom. The minimum Gasteiger partial charge on any atom is -0.493 e. The van der Waals surface area contributed by atoms with Crippen LogP contribution in [0.1, 0.15) is 21.5 Å². The molecule has 0 atom stereocenters. The third kappa shape index (κ3) is 6.04. The number of hydrogen-bond acceptors (Lipinski definition) is 4. The van der Waals surface area contributed by atoms with Gasteiger partial charge in [0.1, 0.15) is 6.61 Å². The Labute approximate surface area is 191 Å². The van der Waals surface area contributed by atoms with Gasteiger partial charge in [-0.25, -0.2) is 5.43 Å². The van der Waals surface area contributed by atoms with Gasteiger partial charge in [-0.2, -0.15) is 5.10 Å². The van der Waals surface area contributed by atoms with Gasteiger partial charge in [-0.3, -0.25) is 4.79 Å². The van der Waals surface area contributed by atoms with Gasteiger partial charge in [0.2, 0.25) is 0 Å². The number of halogens is 2. The summed E-state index contributed by atoms with van der Waals surface area (Å²) in [6.45, 7) is 0.426. The predicted molar refractivity (Wildman–Crippen MR) is 126 cm³/mol. The third-order valence-electron chi connectivity index (χ3n) is 3.96. The molecule has 0 spiro atoms. The van der Waals surface area contributed by atoms with Crippen LogP contribution in [0.25, 0.3) is 0 Å². The molecule has 3 aromatic rings. The Morgan fingerprint density at radius 3 is 2.55 bits per heavy atom. The lowest BCUT2D eigenvalue weighted by atomic mass is 10.2. The van der Waals surface area contributed by atoms with Crippen LogP contribution in [0, 0.1) is 3.57 Å². The van der Waals surface area contributed by atoms with Gasteiger partial charge in [-0.1, -0.05) is 30.3 Å². The Hall–Kier alpha value is -2.39. The molecule has 5 nitrogen and oxygen atoms in total. The summed E-state index contributed by atoms with van der Waals surface area (Å²) >= 11 is 5.71. The van der Waals surface area contributed by atoms with Gasteiger partial charge >= 0.3 is 0 Å². The zero-order valence-electron chi connectivity index (χ0n) is 15.6. The van der Waals surface area contributed by atoms with Crippen molar-refractivity contribution in [1.29, 1.82) is 0 Å². The molecule has 0 saturated carbocycles. The van der Waals surface area contributed by atoms with E-state index in [0.29, 0.717) is 23.7 Å². The van der Waals surface area contributed by atoms with Crippen LogP contribution in [-0.2, 0) is 6.61 Å². The zero-order chi connectivity index (χ0) is 20.6. The molecule has 0 aliphatic carbocycles. The van der Waals surface area contributed by atoms with Gasteiger partial charge in [0, 0.05) is 9.13 Å². The summed E-state index contributed by atoms with van der Waals surface area (Å²) in [5, 5.41) is 4.04. The molecule has 0 saturated heterocycles. The van der Waals surface area contributed by atoms with Gasteiger partial charge in [0.25, 0.3) is 5.91 Å². The summed E-state index contributed by atoms with van der Waals surface area (Å²) in [7, 11) is 1.58. The SMILES string of the molecule is COc1cc(/C=N\NC(=O)c2ccc(I)cc2)cc(Br)c1OCc1ccccc1. The molecule has 1 amide bonds. The largest absolute Gasteiger partial charge is 0.493 e. The molecule has 0 aliphatic heterocycles. The monoisotopic (exact) mass is 564 g/mol. The van der Waals surface area contributed by atoms with Crippen molar-refractivity contribution in [3.8, 4) is 11.5 Å². The van der Waals surface area contributed by atoms with Gasteiger partial charge in [0.05, 0.1) is 17.8 Å². The molecule has 0 radical (unpaired) electrons. The molecular formula is C22H18BrIN2O3. The maximum absolute atomic E-state index is 12.1. The molecule has 0 heterocycles. The van der Waals surface area contributed by atoms with Gasteiger partial charge in [0.15, 0.2) is 11.5 Å².